The van der Waals surface area contributed by atoms with E-state index in [9.17, 15) is 14.0 Å². The number of nitrogens with two attached hydrogens (primary N) is 1. The summed E-state index contributed by atoms with van der Waals surface area (Å²) in [6, 6.07) is 4.32. The van der Waals surface area contributed by atoms with Gasteiger partial charge in [0.1, 0.15) is 12.4 Å². The van der Waals surface area contributed by atoms with Crippen LogP contribution in [0.1, 0.15) is 0 Å². The second-order valence-electron chi connectivity index (χ2n) is 3.63. The number of thioether (sulfide) groups is 1. The summed E-state index contributed by atoms with van der Waals surface area (Å²) in [4.78, 5) is 24.4. The summed E-state index contributed by atoms with van der Waals surface area (Å²) in [5.74, 6) is -0.814. The number of cyclic esters (lactones) is 1. The second-order valence-corrected chi connectivity index (χ2v) is 4.68. The Morgan fingerprint density at radius 3 is 2.94 bits per heavy atom. The Morgan fingerprint density at radius 1 is 1.56 bits per heavy atom. The zero-order valence-corrected chi connectivity index (χ0v) is 10.2. The predicted molar refractivity (Wildman–Crippen MR) is 64.6 cm³/mol. The number of nitrogen functional groups attached to an aromatic ring is 1. The predicted octanol–water partition coefficient (Wildman–Crippen LogP) is 1.48. The van der Waals surface area contributed by atoms with Gasteiger partial charge in [0.05, 0.1) is 18.0 Å². The number of carbonyl (C=O) groups is 2. The zero-order valence-electron chi connectivity index (χ0n) is 9.39. The molecule has 0 atom stereocenters. The Bertz CT molecular complexity index is 495. The van der Waals surface area contributed by atoms with Gasteiger partial charge in [0.2, 0.25) is 5.91 Å². The van der Waals surface area contributed by atoms with Gasteiger partial charge >= 0.3 is 6.09 Å². The largest absolute Gasteiger partial charge is 0.447 e. The lowest BCUT2D eigenvalue weighted by molar-refractivity contribution is -0.125. The molecule has 0 aromatic heterocycles. The van der Waals surface area contributed by atoms with E-state index < -0.39 is 11.9 Å². The van der Waals surface area contributed by atoms with Gasteiger partial charge in [0, 0.05) is 4.90 Å². The highest BCUT2D eigenvalue weighted by Gasteiger charge is 2.27. The van der Waals surface area contributed by atoms with Crippen molar-refractivity contribution in [2.75, 3.05) is 24.6 Å². The number of hydrogen-bond donors (Lipinski definition) is 1. The number of amides is 2. The molecular weight excluding hydrogens is 259 g/mol. The normalized spacial score (nSPS) is 14.7. The van der Waals surface area contributed by atoms with E-state index in [1.165, 1.54) is 12.1 Å². The summed E-state index contributed by atoms with van der Waals surface area (Å²) in [6.45, 7) is 0.500. The quantitative estimate of drug-likeness (QED) is 0.665. The molecule has 18 heavy (non-hydrogen) atoms. The summed E-state index contributed by atoms with van der Waals surface area (Å²) in [5.41, 5.74) is 5.41. The summed E-state index contributed by atoms with van der Waals surface area (Å²) < 4.78 is 17.8. The Balaban J connectivity index is 1.93. The molecule has 0 aliphatic carbocycles. The highest BCUT2D eigenvalue weighted by atomic mass is 32.2. The molecule has 2 N–H and O–H groups in total. The van der Waals surface area contributed by atoms with Crippen LogP contribution < -0.4 is 5.73 Å². The number of rotatable bonds is 3. The maximum absolute atomic E-state index is 13.2. The summed E-state index contributed by atoms with van der Waals surface area (Å²) in [7, 11) is 0. The molecule has 1 saturated heterocycles. The molecule has 96 valence electrons. The highest BCUT2D eigenvalue weighted by Crippen LogP contribution is 2.22. The highest BCUT2D eigenvalue weighted by molar-refractivity contribution is 8.00. The number of hydrogen-bond acceptors (Lipinski definition) is 5. The molecule has 1 aromatic carbocycles. The minimum absolute atomic E-state index is 0.0540. The van der Waals surface area contributed by atoms with E-state index in [2.05, 4.69) is 4.74 Å². The van der Waals surface area contributed by atoms with Gasteiger partial charge in [-0.05, 0) is 18.2 Å². The summed E-state index contributed by atoms with van der Waals surface area (Å²) >= 11 is 1.15. The lowest BCUT2D eigenvalue weighted by Gasteiger charge is -2.10. The second kappa shape index (κ2) is 5.26. The molecule has 1 aliphatic heterocycles. The molecule has 0 bridgehead atoms. The van der Waals surface area contributed by atoms with Crippen molar-refractivity contribution in [1.29, 1.82) is 0 Å². The van der Waals surface area contributed by atoms with E-state index in [0.717, 1.165) is 16.7 Å². The molecule has 7 heteroatoms. The molecule has 1 fully saturated rings. The van der Waals surface area contributed by atoms with Gasteiger partial charge in [0.25, 0.3) is 0 Å². The lowest BCUT2D eigenvalue weighted by Crippen LogP contribution is -2.32. The lowest BCUT2D eigenvalue weighted by atomic mass is 10.3. The first-order valence-electron chi connectivity index (χ1n) is 5.23. The van der Waals surface area contributed by atoms with E-state index >= 15 is 0 Å². The molecule has 0 spiro atoms. The van der Waals surface area contributed by atoms with E-state index in [1.54, 1.807) is 6.07 Å². The van der Waals surface area contributed by atoms with Crippen LogP contribution in [-0.4, -0.2) is 35.8 Å². The first-order chi connectivity index (χ1) is 8.58. The average Bonchev–Trinajstić information content (AvgIpc) is 2.77. The van der Waals surface area contributed by atoms with Crippen molar-refractivity contribution in [3.63, 3.8) is 0 Å². The third kappa shape index (κ3) is 2.73. The topological polar surface area (TPSA) is 72.6 Å². The van der Waals surface area contributed by atoms with Crippen LogP contribution in [0.4, 0.5) is 14.9 Å². The fourth-order valence-electron chi connectivity index (χ4n) is 1.44. The minimum Gasteiger partial charge on any atom is -0.447 e. The zero-order chi connectivity index (χ0) is 13.1. The van der Waals surface area contributed by atoms with Crippen LogP contribution in [0.15, 0.2) is 23.1 Å². The molecule has 1 aromatic rings. The number of carbonyl (C=O) groups excluding carboxylic acids is 2. The SMILES string of the molecule is Nc1ccc(SCC(=O)N2CCOC2=O)cc1F. The van der Waals surface area contributed by atoms with Crippen LogP contribution in [0.2, 0.25) is 0 Å². The van der Waals surface area contributed by atoms with Crippen molar-refractivity contribution in [1.82, 2.24) is 4.90 Å². The molecule has 1 heterocycles. The molecule has 0 unspecified atom stereocenters. The Kier molecular flexibility index (Phi) is 3.71. The monoisotopic (exact) mass is 270 g/mol. The number of halogens is 1. The van der Waals surface area contributed by atoms with Gasteiger partial charge in [-0.3, -0.25) is 4.79 Å². The van der Waals surface area contributed by atoms with Crippen LogP contribution in [0.3, 0.4) is 0 Å². The first kappa shape index (κ1) is 12.7. The van der Waals surface area contributed by atoms with Gasteiger partial charge in [-0.25, -0.2) is 14.1 Å². The van der Waals surface area contributed by atoms with E-state index in [0.29, 0.717) is 4.90 Å². The first-order valence-corrected chi connectivity index (χ1v) is 6.21. The van der Waals surface area contributed by atoms with Crippen molar-refractivity contribution in [2.24, 2.45) is 0 Å². The Hall–Kier alpha value is -1.76. The maximum atomic E-state index is 13.2. The fraction of sp³-hybridized carbons (Fsp3) is 0.273. The van der Waals surface area contributed by atoms with Crippen molar-refractivity contribution in [3.05, 3.63) is 24.0 Å². The standard InChI is InChI=1S/C11H11FN2O3S/c12-8-5-7(1-2-9(8)13)18-6-10(15)14-3-4-17-11(14)16/h1-2,5H,3-4,6,13H2. The maximum Gasteiger partial charge on any atom is 0.416 e. The van der Waals surface area contributed by atoms with Gasteiger partial charge in [-0.2, -0.15) is 0 Å². The number of benzene rings is 1. The number of ether oxygens (including phenoxy) is 1. The third-order valence-electron chi connectivity index (χ3n) is 2.40. The van der Waals surface area contributed by atoms with Gasteiger partial charge in [0.15, 0.2) is 0 Å². The Morgan fingerprint density at radius 2 is 2.33 bits per heavy atom. The Labute approximate surface area is 107 Å². The van der Waals surface area contributed by atoms with Crippen LogP contribution in [0, 0.1) is 5.82 Å². The average molecular weight is 270 g/mol. The van der Waals surface area contributed by atoms with Crippen molar-refractivity contribution < 1.29 is 18.7 Å². The van der Waals surface area contributed by atoms with Crippen LogP contribution >= 0.6 is 11.8 Å². The van der Waals surface area contributed by atoms with Crippen LogP contribution in [0.25, 0.3) is 0 Å². The minimum atomic E-state index is -0.621. The van der Waals surface area contributed by atoms with Gasteiger partial charge in [-0.1, -0.05) is 0 Å². The van der Waals surface area contributed by atoms with E-state index in [1.807, 2.05) is 0 Å². The summed E-state index contributed by atoms with van der Waals surface area (Å²) in [5, 5.41) is 0. The van der Waals surface area contributed by atoms with E-state index in [-0.39, 0.29) is 30.5 Å². The van der Waals surface area contributed by atoms with Crippen molar-refractivity contribution >= 4 is 29.4 Å². The molecule has 0 radical (unpaired) electrons. The molecule has 2 rings (SSSR count). The third-order valence-corrected chi connectivity index (χ3v) is 3.37. The van der Waals surface area contributed by atoms with Gasteiger partial charge in [-0.15, -0.1) is 11.8 Å². The summed E-state index contributed by atoms with van der Waals surface area (Å²) in [6.07, 6.45) is -0.621. The number of anilines is 1. The van der Waals surface area contributed by atoms with Crippen LogP contribution in [0.5, 0.6) is 0 Å². The van der Waals surface area contributed by atoms with Crippen molar-refractivity contribution in [2.45, 2.75) is 4.90 Å². The molecule has 5 nitrogen and oxygen atoms in total. The molecule has 1 aliphatic rings. The molecule has 2 amide bonds. The molecule has 0 saturated carbocycles. The number of nitrogens with zero attached hydrogens (tertiary/aromatic N) is 1. The molecular formula is C11H11FN2O3S. The fourth-order valence-corrected chi connectivity index (χ4v) is 2.24. The smallest absolute Gasteiger partial charge is 0.416 e. The van der Waals surface area contributed by atoms with Gasteiger partial charge < -0.3 is 10.5 Å². The van der Waals surface area contributed by atoms with Crippen molar-refractivity contribution in [3.8, 4) is 0 Å². The van der Waals surface area contributed by atoms with Crippen LogP contribution in [-0.2, 0) is 9.53 Å². The van der Waals surface area contributed by atoms with E-state index in [4.69, 9.17) is 5.73 Å². The number of imide groups is 1.